The highest BCUT2D eigenvalue weighted by atomic mass is 32.2. The highest BCUT2D eigenvalue weighted by Crippen LogP contribution is 2.37. The first-order chi connectivity index (χ1) is 22.5. The van der Waals surface area contributed by atoms with E-state index in [9.17, 15) is 32.5 Å². The van der Waals surface area contributed by atoms with Crippen LogP contribution in [0, 0.1) is 15.9 Å². The number of nitro benzene ring substituents is 1. The van der Waals surface area contributed by atoms with Gasteiger partial charge in [0.1, 0.15) is 29.6 Å². The van der Waals surface area contributed by atoms with Gasteiger partial charge in [-0.2, -0.15) is 5.10 Å². The van der Waals surface area contributed by atoms with Crippen LogP contribution < -0.4 is 29.3 Å². The number of ether oxygens (including phenoxy) is 3. The number of hydrogen-bond acceptors (Lipinski definition) is 10. The smallest absolute Gasteiger partial charge is 0.289 e. The first-order valence-corrected chi connectivity index (χ1v) is 15.0. The minimum Gasteiger partial charge on any atom is -0.497 e. The molecule has 4 aromatic carbocycles. The van der Waals surface area contributed by atoms with Crippen molar-refractivity contribution in [2.75, 3.05) is 37.0 Å². The van der Waals surface area contributed by atoms with Crippen molar-refractivity contribution in [1.29, 1.82) is 0 Å². The molecule has 4 aromatic rings. The summed E-state index contributed by atoms with van der Waals surface area (Å²) in [6.07, 6.45) is 1.29. The van der Waals surface area contributed by atoms with Crippen LogP contribution in [0.15, 0.2) is 101 Å². The number of nitro groups is 1. The van der Waals surface area contributed by atoms with E-state index in [4.69, 9.17) is 14.2 Å². The number of benzene rings is 4. The van der Waals surface area contributed by atoms with Crippen LogP contribution in [0.4, 0.5) is 21.5 Å². The van der Waals surface area contributed by atoms with Gasteiger partial charge in [0.15, 0.2) is 11.5 Å². The summed E-state index contributed by atoms with van der Waals surface area (Å²) < 4.78 is 57.3. The SMILES string of the molecule is COc1ccc(N(CC(=O)NN=Cc2ccc(OCC(=O)Nc3ccc(F)cc3)cc2)S(=O)(=O)c2ccccc2[N+](=O)[O-])c(OC)c1. The van der Waals surface area contributed by atoms with Gasteiger partial charge in [-0.1, -0.05) is 12.1 Å². The highest BCUT2D eigenvalue weighted by Gasteiger charge is 2.34. The minimum atomic E-state index is -4.69. The van der Waals surface area contributed by atoms with Crippen molar-refractivity contribution >= 4 is 45.1 Å². The van der Waals surface area contributed by atoms with Crippen molar-refractivity contribution in [1.82, 2.24) is 5.43 Å². The number of nitrogens with one attached hydrogen (secondary N) is 2. The van der Waals surface area contributed by atoms with Crippen LogP contribution in [-0.4, -0.2) is 58.7 Å². The number of hydrogen-bond donors (Lipinski definition) is 2. The Labute approximate surface area is 268 Å². The van der Waals surface area contributed by atoms with Crippen molar-refractivity contribution in [2.24, 2.45) is 5.10 Å². The fourth-order valence-corrected chi connectivity index (χ4v) is 5.70. The molecule has 0 heterocycles. The van der Waals surface area contributed by atoms with Gasteiger partial charge in [-0.05, 0) is 72.3 Å². The lowest BCUT2D eigenvalue weighted by Crippen LogP contribution is -2.40. The zero-order valence-electron chi connectivity index (χ0n) is 25.0. The molecule has 16 heteroatoms. The largest absolute Gasteiger partial charge is 0.497 e. The Balaban J connectivity index is 1.45. The first-order valence-electron chi connectivity index (χ1n) is 13.6. The zero-order chi connectivity index (χ0) is 34.0. The molecule has 0 aromatic heterocycles. The van der Waals surface area contributed by atoms with E-state index in [0.29, 0.717) is 27.1 Å². The molecule has 0 unspecified atom stereocenters. The molecule has 0 aliphatic rings. The average molecular weight is 666 g/mol. The second-order valence-corrected chi connectivity index (χ2v) is 11.3. The molecule has 2 amide bonds. The van der Waals surface area contributed by atoms with Gasteiger partial charge < -0.3 is 19.5 Å². The predicted molar refractivity (Wildman–Crippen MR) is 170 cm³/mol. The molecular formula is C31H28FN5O9S. The summed E-state index contributed by atoms with van der Waals surface area (Å²) in [5.74, 6) is -1.01. The van der Waals surface area contributed by atoms with Gasteiger partial charge in [0.05, 0.1) is 31.0 Å². The maximum atomic E-state index is 13.8. The van der Waals surface area contributed by atoms with E-state index >= 15 is 0 Å². The fraction of sp³-hybridized carbons (Fsp3) is 0.129. The molecule has 0 aliphatic carbocycles. The maximum Gasteiger partial charge on any atom is 0.289 e. The highest BCUT2D eigenvalue weighted by molar-refractivity contribution is 7.93. The molecule has 4 rings (SSSR count). The number of carbonyl (C=O) groups is 2. The molecule has 244 valence electrons. The number of hydrazone groups is 1. The quantitative estimate of drug-likeness (QED) is 0.114. The molecular weight excluding hydrogens is 637 g/mol. The van der Waals surface area contributed by atoms with Crippen molar-refractivity contribution in [3.8, 4) is 17.2 Å². The summed E-state index contributed by atoms with van der Waals surface area (Å²) in [4.78, 5) is 35.2. The number of rotatable bonds is 14. The molecule has 0 atom stereocenters. The molecule has 0 radical (unpaired) electrons. The molecule has 47 heavy (non-hydrogen) atoms. The number of nitrogens with zero attached hydrogens (tertiary/aromatic N) is 3. The Morgan fingerprint density at radius 3 is 2.28 bits per heavy atom. The number of amides is 2. The minimum absolute atomic E-state index is 0.0260. The standard InChI is InChI=1S/C31H28FN5O9S/c1-44-25-15-16-26(28(17-25)45-2)36(47(42,43)29-6-4-3-5-27(29)37(40)41)19-30(38)35-33-18-21-7-13-24(14-8-21)46-20-31(39)34-23-11-9-22(32)10-12-23/h3-18H,19-20H2,1-2H3,(H,34,39)(H,35,38). The molecule has 0 fully saturated rings. The number of halogens is 1. The normalized spacial score (nSPS) is 11.0. The third-order valence-electron chi connectivity index (χ3n) is 6.35. The van der Waals surface area contributed by atoms with Crippen LogP contribution in [0.2, 0.25) is 0 Å². The van der Waals surface area contributed by atoms with Gasteiger partial charge in [0.2, 0.25) is 0 Å². The second kappa shape index (κ2) is 15.3. The molecule has 0 aliphatic heterocycles. The summed E-state index contributed by atoms with van der Waals surface area (Å²) in [7, 11) is -2.00. The summed E-state index contributed by atoms with van der Waals surface area (Å²) >= 11 is 0. The number of sulfonamides is 1. The van der Waals surface area contributed by atoms with Crippen LogP contribution in [0.5, 0.6) is 17.2 Å². The van der Waals surface area contributed by atoms with Gasteiger partial charge in [-0.25, -0.2) is 18.2 Å². The van der Waals surface area contributed by atoms with Crippen molar-refractivity contribution in [2.45, 2.75) is 4.90 Å². The third kappa shape index (κ3) is 8.79. The van der Waals surface area contributed by atoms with E-state index in [1.807, 2.05) is 0 Å². The lowest BCUT2D eigenvalue weighted by atomic mass is 10.2. The number of methoxy groups -OCH3 is 2. The Hall–Kier alpha value is -6.03. The van der Waals surface area contributed by atoms with E-state index in [-0.39, 0.29) is 18.0 Å². The van der Waals surface area contributed by atoms with Crippen molar-refractivity contribution in [3.05, 3.63) is 112 Å². The Morgan fingerprint density at radius 1 is 0.936 bits per heavy atom. The lowest BCUT2D eigenvalue weighted by Gasteiger charge is -2.25. The van der Waals surface area contributed by atoms with E-state index in [0.717, 1.165) is 12.1 Å². The molecule has 0 saturated carbocycles. The van der Waals surface area contributed by atoms with Crippen LogP contribution >= 0.6 is 0 Å². The number of carbonyl (C=O) groups excluding carboxylic acids is 2. The molecule has 2 N–H and O–H groups in total. The number of para-hydroxylation sites is 1. The molecule has 14 nitrogen and oxygen atoms in total. The first kappa shape index (κ1) is 33.9. The monoisotopic (exact) mass is 665 g/mol. The summed E-state index contributed by atoms with van der Waals surface area (Å²) in [6, 6.07) is 20.5. The zero-order valence-corrected chi connectivity index (χ0v) is 25.8. The Kier molecular flexibility index (Phi) is 11.0. The predicted octanol–water partition coefficient (Wildman–Crippen LogP) is 4.11. The Morgan fingerprint density at radius 2 is 1.62 bits per heavy atom. The van der Waals surface area contributed by atoms with Crippen LogP contribution in [0.25, 0.3) is 0 Å². The second-order valence-electron chi connectivity index (χ2n) is 9.48. The summed E-state index contributed by atoms with van der Waals surface area (Å²) in [5.41, 5.74) is 2.44. The van der Waals surface area contributed by atoms with Gasteiger partial charge in [-0.3, -0.25) is 24.0 Å². The van der Waals surface area contributed by atoms with Gasteiger partial charge in [0, 0.05) is 17.8 Å². The van der Waals surface area contributed by atoms with E-state index in [2.05, 4.69) is 15.8 Å². The summed E-state index contributed by atoms with van der Waals surface area (Å²) in [6.45, 7) is -1.12. The van der Waals surface area contributed by atoms with E-state index in [1.165, 1.54) is 75.0 Å². The van der Waals surface area contributed by atoms with Crippen LogP contribution in [-0.2, 0) is 19.6 Å². The van der Waals surface area contributed by atoms with Crippen LogP contribution in [0.1, 0.15) is 5.56 Å². The van der Waals surface area contributed by atoms with Crippen molar-refractivity contribution in [3.63, 3.8) is 0 Å². The maximum absolute atomic E-state index is 13.8. The summed E-state index contributed by atoms with van der Waals surface area (Å²) in [5, 5.41) is 18.1. The molecule has 0 spiro atoms. The van der Waals surface area contributed by atoms with Gasteiger partial charge in [-0.15, -0.1) is 0 Å². The molecule has 0 bridgehead atoms. The van der Waals surface area contributed by atoms with Gasteiger partial charge in [0.25, 0.3) is 27.5 Å². The lowest BCUT2D eigenvalue weighted by molar-refractivity contribution is -0.387. The molecule has 0 saturated heterocycles. The topological polar surface area (TPSA) is 179 Å². The van der Waals surface area contributed by atoms with E-state index in [1.54, 1.807) is 24.3 Å². The van der Waals surface area contributed by atoms with Crippen molar-refractivity contribution < 1.29 is 41.5 Å². The average Bonchev–Trinajstić information content (AvgIpc) is 3.07. The van der Waals surface area contributed by atoms with Gasteiger partial charge >= 0.3 is 0 Å². The van der Waals surface area contributed by atoms with E-state index < -0.39 is 49.7 Å². The fourth-order valence-electron chi connectivity index (χ4n) is 4.11. The number of anilines is 2. The third-order valence-corrected chi connectivity index (χ3v) is 8.16. The Bertz CT molecular complexity index is 1890. The van der Waals surface area contributed by atoms with Crippen LogP contribution in [0.3, 0.4) is 0 Å².